The van der Waals surface area contributed by atoms with Gasteiger partial charge in [0.25, 0.3) is 0 Å². The summed E-state index contributed by atoms with van der Waals surface area (Å²) in [5, 5.41) is 4.53. The second-order valence-corrected chi connectivity index (χ2v) is 3.93. The number of nitrogens with two attached hydrogens (primary N) is 1. The van der Waals surface area contributed by atoms with Crippen LogP contribution in [0.25, 0.3) is 22.2 Å². The molecule has 2 N–H and O–H groups in total. The Bertz CT molecular complexity index is 699. The van der Waals surface area contributed by atoms with E-state index in [1.807, 2.05) is 17.8 Å². The van der Waals surface area contributed by atoms with Crippen LogP contribution in [0.1, 0.15) is 0 Å². The van der Waals surface area contributed by atoms with Crippen molar-refractivity contribution in [2.24, 2.45) is 7.05 Å². The third-order valence-corrected chi connectivity index (χ3v) is 2.80. The molecule has 0 saturated heterocycles. The Morgan fingerprint density at radius 3 is 2.94 bits per heavy atom. The predicted octanol–water partition coefficient (Wildman–Crippen LogP) is 2.55. The molecule has 0 saturated carbocycles. The van der Waals surface area contributed by atoms with Crippen molar-refractivity contribution in [3.8, 4) is 11.3 Å². The van der Waals surface area contributed by atoms with Crippen LogP contribution >= 0.6 is 0 Å². The SMILES string of the molecule is Cn1cc(-c2oncc2N)c2ccc(F)cc21. The Morgan fingerprint density at radius 1 is 1.41 bits per heavy atom. The molecule has 0 bridgehead atoms. The lowest BCUT2D eigenvalue weighted by Gasteiger charge is -1.96. The van der Waals surface area contributed by atoms with Crippen LogP contribution in [0.5, 0.6) is 0 Å². The van der Waals surface area contributed by atoms with Gasteiger partial charge in [-0.2, -0.15) is 0 Å². The fraction of sp³-hybridized carbons (Fsp3) is 0.0833. The minimum atomic E-state index is -0.268. The third-order valence-electron chi connectivity index (χ3n) is 2.80. The first-order chi connectivity index (χ1) is 8.16. The quantitative estimate of drug-likeness (QED) is 0.700. The van der Waals surface area contributed by atoms with E-state index in [9.17, 15) is 4.39 Å². The van der Waals surface area contributed by atoms with Gasteiger partial charge in [0.2, 0.25) is 0 Å². The van der Waals surface area contributed by atoms with Gasteiger partial charge in [-0.15, -0.1) is 0 Å². The lowest BCUT2D eigenvalue weighted by atomic mass is 10.1. The molecule has 0 spiro atoms. The summed E-state index contributed by atoms with van der Waals surface area (Å²) in [5.74, 6) is 0.248. The standard InChI is InChI=1S/C12H10FN3O/c1-16-6-9(12-10(14)5-15-17-12)8-3-2-7(13)4-11(8)16/h2-6H,14H2,1H3. The number of fused-ring (bicyclic) bond motifs is 1. The zero-order valence-electron chi connectivity index (χ0n) is 9.14. The maximum absolute atomic E-state index is 13.2. The van der Waals surface area contributed by atoms with Crippen molar-refractivity contribution in [1.29, 1.82) is 0 Å². The average Bonchev–Trinajstić information content (AvgIpc) is 2.84. The van der Waals surface area contributed by atoms with Gasteiger partial charge in [0.05, 0.1) is 11.7 Å². The molecule has 5 heteroatoms. The van der Waals surface area contributed by atoms with Gasteiger partial charge in [0.1, 0.15) is 11.5 Å². The molecule has 17 heavy (non-hydrogen) atoms. The molecule has 0 aliphatic carbocycles. The Hall–Kier alpha value is -2.30. The summed E-state index contributed by atoms with van der Waals surface area (Å²) < 4.78 is 20.1. The molecule has 0 radical (unpaired) electrons. The number of anilines is 1. The lowest BCUT2D eigenvalue weighted by Crippen LogP contribution is -1.84. The van der Waals surface area contributed by atoms with Crippen LogP contribution in [0, 0.1) is 5.82 Å². The highest BCUT2D eigenvalue weighted by Crippen LogP contribution is 2.33. The molecule has 4 nitrogen and oxygen atoms in total. The molecule has 0 aliphatic heterocycles. The Labute approximate surface area is 96.4 Å². The number of aryl methyl sites for hydroxylation is 1. The summed E-state index contributed by atoms with van der Waals surface area (Å²) >= 11 is 0. The summed E-state index contributed by atoms with van der Waals surface area (Å²) in [6.07, 6.45) is 3.30. The first-order valence-electron chi connectivity index (χ1n) is 5.12. The van der Waals surface area contributed by atoms with Crippen molar-refractivity contribution in [1.82, 2.24) is 9.72 Å². The maximum atomic E-state index is 13.2. The van der Waals surface area contributed by atoms with Gasteiger partial charge in [0.15, 0.2) is 5.76 Å². The monoisotopic (exact) mass is 231 g/mol. The topological polar surface area (TPSA) is 57.0 Å². The number of benzene rings is 1. The van der Waals surface area contributed by atoms with E-state index in [1.165, 1.54) is 18.3 Å². The number of rotatable bonds is 1. The second kappa shape index (κ2) is 3.35. The Morgan fingerprint density at radius 2 is 2.24 bits per heavy atom. The molecule has 0 atom stereocenters. The van der Waals surface area contributed by atoms with E-state index in [0.29, 0.717) is 11.4 Å². The number of nitrogen functional groups attached to an aromatic ring is 1. The van der Waals surface area contributed by atoms with Gasteiger partial charge in [0, 0.05) is 24.2 Å². The van der Waals surface area contributed by atoms with Crippen molar-refractivity contribution in [2.75, 3.05) is 5.73 Å². The minimum Gasteiger partial charge on any atom is -0.394 e. The smallest absolute Gasteiger partial charge is 0.191 e. The number of nitrogens with zero attached hydrogens (tertiary/aromatic N) is 2. The highest BCUT2D eigenvalue weighted by Gasteiger charge is 2.15. The number of hydrogen-bond donors (Lipinski definition) is 1. The number of halogens is 1. The Kier molecular flexibility index (Phi) is 1.95. The minimum absolute atomic E-state index is 0.268. The van der Waals surface area contributed by atoms with E-state index in [2.05, 4.69) is 5.16 Å². The normalized spacial score (nSPS) is 11.2. The van der Waals surface area contributed by atoms with E-state index < -0.39 is 0 Å². The first-order valence-corrected chi connectivity index (χ1v) is 5.12. The molecule has 2 heterocycles. The molecule has 0 fully saturated rings. The van der Waals surface area contributed by atoms with Crippen LogP contribution in [-0.2, 0) is 7.05 Å². The van der Waals surface area contributed by atoms with Gasteiger partial charge in [-0.3, -0.25) is 0 Å². The number of hydrogen-bond acceptors (Lipinski definition) is 3. The molecule has 3 rings (SSSR count). The van der Waals surface area contributed by atoms with Crippen molar-refractivity contribution in [3.63, 3.8) is 0 Å². The predicted molar refractivity (Wildman–Crippen MR) is 62.8 cm³/mol. The lowest BCUT2D eigenvalue weighted by molar-refractivity contribution is 0.433. The molecule has 3 aromatic rings. The molecule has 1 aromatic carbocycles. The number of aromatic nitrogens is 2. The molecular formula is C12H10FN3O. The summed E-state index contributed by atoms with van der Waals surface area (Å²) in [7, 11) is 1.85. The van der Waals surface area contributed by atoms with Crippen molar-refractivity contribution < 1.29 is 8.91 Å². The van der Waals surface area contributed by atoms with E-state index in [-0.39, 0.29) is 5.82 Å². The van der Waals surface area contributed by atoms with Crippen LogP contribution in [0.3, 0.4) is 0 Å². The molecule has 0 unspecified atom stereocenters. The van der Waals surface area contributed by atoms with Crippen LogP contribution in [-0.4, -0.2) is 9.72 Å². The van der Waals surface area contributed by atoms with Crippen molar-refractivity contribution >= 4 is 16.6 Å². The average molecular weight is 231 g/mol. The molecule has 0 amide bonds. The fourth-order valence-corrected chi connectivity index (χ4v) is 1.99. The van der Waals surface area contributed by atoms with E-state index >= 15 is 0 Å². The molecule has 86 valence electrons. The van der Waals surface area contributed by atoms with E-state index in [4.69, 9.17) is 10.3 Å². The molecular weight excluding hydrogens is 221 g/mol. The van der Waals surface area contributed by atoms with Crippen molar-refractivity contribution in [3.05, 3.63) is 36.4 Å². The fourth-order valence-electron chi connectivity index (χ4n) is 1.99. The van der Waals surface area contributed by atoms with Crippen molar-refractivity contribution in [2.45, 2.75) is 0 Å². The zero-order valence-corrected chi connectivity index (χ0v) is 9.14. The summed E-state index contributed by atoms with van der Waals surface area (Å²) in [6, 6.07) is 4.60. The van der Waals surface area contributed by atoms with E-state index in [1.54, 1.807) is 6.07 Å². The first kappa shape index (κ1) is 9.89. The van der Waals surface area contributed by atoms with Gasteiger partial charge in [-0.25, -0.2) is 4.39 Å². The maximum Gasteiger partial charge on any atom is 0.191 e. The third kappa shape index (κ3) is 1.39. The summed E-state index contributed by atoms with van der Waals surface area (Å²) in [6.45, 7) is 0. The largest absolute Gasteiger partial charge is 0.394 e. The highest BCUT2D eigenvalue weighted by molar-refractivity contribution is 5.96. The molecule has 2 aromatic heterocycles. The summed E-state index contributed by atoms with van der Waals surface area (Å²) in [4.78, 5) is 0. The van der Waals surface area contributed by atoms with Crippen LogP contribution in [0.15, 0.2) is 35.1 Å². The van der Waals surface area contributed by atoms with Gasteiger partial charge in [-0.1, -0.05) is 5.16 Å². The van der Waals surface area contributed by atoms with Gasteiger partial charge in [-0.05, 0) is 18.2 Å². The highest BCUT2D eigenvalue weighted by atomic mass is 19.1. The van der Waals surface area contributed by atoms with Gasteiger partial charge >= 0.3 is 0 Å². The van der Waals surface area contributed by atoms with Gasteiger partial charge < -0.3 is 14.8 Å². The van der Waals surface area contributed by atoms with Crippen LogP contribution in [0.2, 0.25) is 0 Å². The van der Waals surface area contributed by atoms with Crippen LogP contribution < -0.4 is 5.73 Å². The van der Waals surface area contributed by atoms with E-state index in [0.717, 1.165) is 16.5 Å². The molecule has 0 aliphatic rings. The summed E-state index contributed by atoms with van der Waals surface area (Å²) in [5.41, 5.74) is 7.84. The van der Waals surface area contributed by atoms with Crippen LogP contribution in [0.4, 0.5) is 10.1 Å². The second-order valence-electron chi connectivity index (χ2n) is 3.93. The zero-order chi connectivity index (χ0) is 12.0. The Balaban J connectivity index is 2.35.